The maximum atomic E-state index is 2.81. The Hall–Kier alpha value is -4.24. The van der Waals surface area contributed by atoms with E-state index in [9.17, 15) is 0 Å². The van der Waals surface area contributed by atoms with Crippen LogP contribution in [0.25, 0.3) is 11.1 Å². The van der Waals surface area contributed by atoms with Crippen molar-refractivity contribution >= 4 is 51.5 Å². The summed E-state index contributed by atoms with van der Waals surface area (Å²) in [5.74, 6) is 0. The van der Waals surface area contributed by atoms with Crippen LogP contribution in [0.4, 0.5) is 28.4 Å². The molecule has 1 fully saturated rings. The van der Waals surface area contributed by atoms with Crippen LogP contribution in [-0.4, -0.2) is 12.3 Å². The second-order valence-corrected chi connectivity index (χ2v) is 13.6. The zero-order valence-electron chi connectivity index (χ0n) is 24.3. The van der Waals surface area contributed by atoms with E-state index in [0.717, 1.165) is 6.42 Å². The summed E-state index contributed by atoms with van der Waals surface area (Å²) in [5.41, 5.74) is 18.7. The fourth-order valence-electron chi connectivity index (χ4n) is 9.70. The SMILES string of the molecule is CC12CCCCC1(C)N1c3cccc4c3B(c3cc5c(cc3N4c3ccccc3)Cc3ccccc3-5)c3cccc2c31. The number of para-hydroxylation sites is 2. The van der Waals surface area contributed by atoms with Crippen LogP contribution in [0.2, 0.25) is 0 Å². The van der Waals surface area contributed by atoms with Gasteiger partial charge in [0.15, 0.2) is 0 Å². The predicted octanol–water partition coefficient (Wildman–Crippen LogP) is 7.61. The van der Waals surface area contributed by atoms with Crippen molar-refractivity contribution in [3.63, 3.8) is 0 Å². The standard InChI is InChI=1S/C39H33BN2/c1-38-20-8-9-21-39(38,2)42-34-19-11-18-33-36(34)40(31-17-10-16-30(38)37(31)42)32-24-29-26(22-25-12-6-7-15-28(25)29)23-35(32)41(33)27-13-4-3-5-14-27/h3-7,10-19,23-24H,8-9,20-22H2,1-2H3. The fraction of sp³-hybridized carbons (Fsp3) is 0.231. The first-order chi connectivity index (χ1) is 20.6. The number of hydrogen-bond acceptors (Lipinski definition) is 2. The van der Waals surface area contributed by atoms with Crippen molar-refractivity contribution in [3.05, 3.63) is 120 Å². The summed E-state index contributed by atoms with van der Waals surface area (Å²) in [6.07, 6.45) is 6.11. The van der Waals surface area contributed by atoms with Crippen LogP contribution in [0.1, 0.15) is 56.2 Å². The first-order valence-electron chi connectivity index (χ1n) is 15.8. The molecule has 1 saturated carbocycles. The van der Waals surface area contributed by atoms with Gasteiger partial charge >= 0.3 is 0 Å². The quantitative estimate of drug-likeness (QED) is 0.198. The van der Waals surface area contributed by atoms with Crippen molar-refractivity contribution in [1.82, 2.24) is 0 Å². The van der Waals surface area contributed by atoms with Crippen molar-refractivity contribution in [2.45, 2.75) is 56.9 Å². The molecule has 0 radical (unpaired) electrons. The van der Waals surface area contributed by atoms with E-state index in [1.807, 2.05) is 0 Å². The molecule has 0 N–H and O–H groups in total. The monoisotopic (exact) mass is 540 g/mol. The number of nitrogens with zero attached hydrogens (tertiary/aromatic N) is 2. The van der Waals surface area contributed by atoms with Gasteiger partial charge in [0.2, 0.25) is 0 Å². The number of benzene rings is 5. The van der Waals surface area contributed by atoms with Crippen molar-refractivity contribution in [1.29, 1.82) is 0 Å². The predicted molar refractivity (Wildman–Crippen MR) is 177 cm³/mol. The number of hydrogen-bond donors (Lipinski definition) is 0. The first-order valence-corrected chi connectivity index (χ1v) is 15.8. The molecule has 3 heteroatoms. The maximum absolute atomic E-state index is 2.81. The van der Waals surface area contributed by atoms with Crippen LogP contribution in [0.3, 0.4) is 0 Å². The Morgan fingerprint density at radius 2 is 1.43 bits per heavy atom. The minimum Gasteiger partial charge on any atom is -0.335 e. The van der Waals surface area contributed by atoms with Gasteiger partial charge in [0.25, 0.3) is 6.71 Å². The third-order valence-corrected chi connectivity index (χ3v) is 11.8. The molecule has 0 saturated heterocycles. The van der Waals surface area contributed by atoms with Crippen LogP contribution in [0, 0.1) is 0 Å². The normalized spacial score (nSPS) is 23.5. The van der Waals surface area contributed by atoms with Crippen LogP contribution >= 0.6 is 0 Å². The number of fused-ring (bicyclic) bond motifs is 10. The molecule has 5 aromatic carbocycles. The number of rotatable bonds is 1. The highest BCUT2D eigenvalue weighted by Gasteiger charge is 2.61. The molecule has 3 heterocycles. The Morgan fingerprint density at radius 1 is 0.643 bits per heavy atom. The molecule has 0 spiro atoms. The molecule has 2 atom stereocenters. The van der Waals surface area contributed by atoms with E-state index in [1.165, 1.54) is 92.8 Å². The molecular weight excluding hydrogens is 507 g/mol. The average Bonchev–Trinajstić information content (AvgIpc) is 3.49. The van der Waals surface area contributed by atoms with E-state index in [1.54, 1.807) is 5.56 Å². The molecule has 202 valence electrons. The Labute approximate surface area is 248 Å². The molecular formula is C39H33BN2. The van der Waals surface area contributed by atoms with Crippen molar-refractivity contribution in [2.24, 2.45) is 0 Å². The van der Waals surface area contributed by atoms with Gasteiger partial charge in [-0.2, -0.15) is 0 Å². The van der Waals surface area contributed by atoms with Gasteiger partial charge in [0.05, 0.1) is 5.54 Å². The summed E-state index contributed by atoms with van der Waals surface area (Å²) in [5, 5.41) is 0. The second-order valence-electron chi connectivity index (χ2n) is 13.6. The van der Waals surface area contributed by atoms with E-state index in [4.69, 9.17) is 0 Å². The fourth-order valence-corrected chi connectivity index (χ4v) is 9.70. The lowest BCUT2D eigenvalue weighted by molar-refractivity contribution is 0.195. The molecule has 3 aliphatic heterocycles. The second kappa shape index (κ2) is 7.78. The summed E-state index contributed by atoms with van der Waals surface area (Å²) < 4.78 is 0. The third kappa shape index (κ3) is 2.61. The van der Waals surface area contributed by atoms with Gasteiger partial charge in [-0.1, -0.05) is 92.6 Å². The van der Waals surface area contributed by atoms with Crippen LogP contribution in [0.15, 0.2) is 103 Å². The van der Waals surface area contributed by atoms with Gasteiger partial charge in [0.1, 0.15) is 0 Å². The zero-order valence-corrected chi connectivity index (χ0v) is 24.3. The lowest BCUT2D eigenvalue weighted by Gasteiger charge is -2.52. The van der Waals surface area contributed by atoms with Gasteiger partial charge in [0, 0.05) is 33.9 Å². The van der Waals surface area contributed by atoms with E-state index in [0.29, 0.717) is 0 Å². The molecule has 2 unspecified atom stereocenters. The van der Waals surface area contributed by atoms with E-state index in [2.05, 4.69) is 127 Å². The van der Waals surface area contributed by atoms with E-state index >= 15 is 0 Å². The largest absolute Gasteiger partial charge is 0.335 e. The lowest BCUT2D eigenvalue weighted by atomic mass is 9.33. The van der Waals surface area contributed by atoms with Crippen LogP contribution < -0.4 is 26.2 Å². The van der Waals surface area contributed by atoms with Gasteiger partial charge in [-0.25, -0.2) is 0 Å². The minimum absolute atomic E-state index is 0.0680. The highest BCUT2D eigenvalue weighted by molar-refractivity contribution is 7.00. The average molecular weight is 541 g/mol. The van der Waals surface area contributed by atoms with E-state index < -0.39 is 0 Å². The third-order valence-electron chi connectivity index (χ3n) is 11.8. The van der Waals surface area contributed by atoms with Crippen LogP contribution in [-0.2, 0) is 11.8 Å². The molecule has 2 aliphatic carbocycles. The van der Waals surface area contributed by atoms with Gasteiger partial charge < -0.3 is 9.80 Å². The summed E-state index contributed by atoms with van der Waals surface area (Å²) in [6.45, 7) is 5.33. The van der Waals surface area contributed by atoms with Gasteiger partial charge in [-0.3, -0.25) is 0 Å². The smallest absolute Gasteiger partial charge is 0.252 e. The van der Waals surface area contributed by atoms with Crippen molar-refractivity contribution < 1.29 is 0 Å². The molecule has 10 rings (SSSR count). The maximum Gasteiger partial charge on any atom is 0.252 e. The summed E-state index contributed by atoms with van der Waals surface area (Å²) >= 11 is 0. The minimum atomic E-state index is 0.0680. The van der Waals surface area contributed by atoms with Crippen molar-refractivity contribution in [3.8, 4) is 11.1 Å². The lowest BCUT2D eigenvalue weighted by Crippen LogP contribution is -2.64. The summed E-state index contributed by atoms with van der Waals surface area (Å²) in [7, 11) is 0. The molecule has 5 aromatic rings. The molecule has 0 bridgehead atoms. The molecule has 2 nitrogen and oxygen atoms in total. The molecule has 42 heavy (non-hydrogen) atoms. The topological polar surface area (TPSA) is 6.48 Å². The first kappa shape index (κ1) is 23.3. The highest BCUT2D eigenvalue weighted by atomic mass is 15.3. The summed E-state index contributed by atoms with van der Waals surface area (Å²) in [6, 6.07) is 39.5. The van der Waals surface area contributed by atoms with Gasteiger partial charge in [-0.05, 0) is 101 Å². The molecule has 0 amide bonds. The Kier molecular flexibility index (Phi) is 4.32. The van der Waals surface area contributed by atoms with Crippen molar-refractivity contribution in [2.75, 3.05) is 9.80 Å². The summed E-state index contributed by atoms with van der Waals surface area (Å²) in [4.78, 5) is 5.37. The van der Waals surface area contributed by atoms with Gasteiger partial charge in [-0.15, -0.1) is 0 Å². The van der Waals surface area contributed by atoms with E-state index in [-0.39, 0.29) is 17.7 Å². The zero-order chi connectivity index (χ0) is 27.8. The Bertz CT molecular complexity index is 1980. The Morgan fingerprint density at radius 3 is 2.33 bits per heavy atom. The molecule has 5 aliphatic rings. The molecule has 0 aromatic heterocycles. The highest BCUT2D eigenvalue weighted by Crippen LogP contribution is 2.61. The number of anilines is 5. The van der Waals surface area contributed by atoms with Crippen LogP contribution in [0.5, 0.6) is 0 Å². The Balaban J connectivity index is 1.32.